The first-order valence-electron chi connectivity index (χ1n) is 10.5. The van der Waals surface area contributed by atoms with Gasteiger partial charge in [-0.25, -0.2) is 4.98 Å². The van der Waals surface area contributed by atoms with E-state index in [0.29, 0.717) is 6.61 Å². The van der Waals surface area contributed by atoms with Gasteiger partial charge in [0, 0.05) is 13.0 Å². The Labute approximate surface area is 173 Å². The van der Waals surface area contributed by atoms with Gasteiger partial charge in [0.15, 0.2) is 0 Å². The van der Waals surface area contributed by atoms with Crippen LogP contribution < -0.4 is 0 Å². The zero-order chi connectivity index (χ0) is 20.3. The van der Waals surface area contributed by atoms with Crippen molar-refractivity contribution >= 4 is 10.8 Å². The second-order valence-corrected chi connectivity index (χ2v) is 8.81. The molecule has 1 aliphatic rings. The average molecular weight is 394 g/mol. The predicted molar refractivity (Wildman–Crippen MR) is 115 cm³/mol. The highest BCUT2D eigenvalue weighted by Gasteiger charge is 2.45. The van der Waals surface area contributed by atoms with Crippen LogP contribution in [-0.2, 0) is 22.4 Å². The molecular formula is C24H31N3O2. The normalized spacial score (nSPS) is 24.0. The Hall–Kier alpha value is -2.24. The van der Waals surface area contributed by atoms with Crippen molar-refractivity contribution in [1.29, 1.82) is 0 Å². The standard InChI is InChI=1S/C24H31N3O2/c1-24(2)12-10-22(21(23(24)28-3)15-27-17-25-16-26-27)29-13-11-18-8-9-19-6-4-5-7-20(19)14-18/h4-9,14,16-17,21-23H,10-13,15H2,1-3H3/t21-,22+,23+/m0/s1. The van der Waals surface area contributed by atoms with E-state index in [9.17, 15) is 0 Å². The minimum Gasteiger partial charge on any atom is -0.380 e. The van der Waals surface area contributed by atoms with E-state index < -0.39 is 0 Å². The van der Waals surface area contributed by atoms with E-state index in [-0.39, 0.29) is 23.5 Å². The van der Waals surface area contributed by atoms with E-state index in [1.165, 1.54) is 16.3 Å². The minimum absolute atomic E-state index is 0.123. The fourth-order valence-corrected chi connectivity index (χ4v) is 4.82. The summed E-state index contributed by atoms with van der Waals surface area (Å²) in [6, 6.07) is 15.2. The molecule has 3 aromatic rings. The molecule has 0 radical (unpaired) electrons. The van der Waals surface area contributed by atoms with Gasteiger partial charge < -0.3 is 9.47 Å². The van der Waals surface area contributed by atoms with Gasteiger partial charge in [-0.2, -0.15) is 5.10 Å². The van der Waals surface area contributed by atoms with Gasteiger partial charge in [0.25, 0.3) is 0 Å². The van der Waals surface area contributed by atoms with Crippen molar-refractivity contribution in [3.05, 3.63) is 60.7 Å². The first-order chi connectivity index (χ1) is 14.1. The van der Waals surface area contributed by atoms with Gasteiger partial charge in [-0.3, -0.25) is 4.68 Å². The lowest BCUT2D eigenvalue weighted by Gasteiger charge is -2.46. The number of fused-ring (bicyclic) bond motifs is 1. The summed E-state index contributed by atoms with van der Waals surface area (Å²) in [5, 5.41) is 6.88. The summed E-state index contributed by atoms with van der Waals surface area (Å²) >= 11 is 0. The Morgan fingerprint density at radius 1 is 1.14 bits per heavy atom. The van der Waals surface area contributed by atoms with E-state index in [0.717, 1.165) is 25.8 Å². The maximum atomic E-state index is 6.44. The number of hydrogen-bond donors (Lipinski definition) is 0. The molecule has 0 aliphatic heterocycles. The minimum atomic E-state index is 0.123. The van der Waals surface area contributed by atoms with Crippen molar-refractivity contribution in [2.24, 2.45) is 11.3 Å². The number of methoxy groups -OCH3 is 1. The summed E-state index contributed by atoms with van der Waals surface area (Å²) in [5.74, 6) is 0.252. The van der Waals surface area contributed by atoms with Crippen molar-refractivity contribution in [2.75, 3.05) is 13.7 Å². The van der Waals surface area contributed by atoms with Crippen molar-refractivity contribution in [1.82, 2.24) is 14.8 Å². The highest BCUT2D eigenvalue weighted by molar-refractivity contribution is 5.82. The molecule has 0 spiro atoms. The van der Waals surface area contributed by atoms with Gasteiger partial charge in [0.05, 0.1) is 25.4 Å². The van der Waals surface area contributed by atoms with Gasteiger partial charge in [0.1, 0.15) is 12.7 Å². The number of aromatic nitrogens is 3. The van der Waals surface area contributed by atoms with Gasteiger partial charge in [-0.15, -0.1) is 0 Å². The lowest BCUT2D eigenvalue weighted by Crippen LogP contribution is -2.50. The summed E-state index contributed by atoms with van der Waals surface area (Å²) in [6.45, 7) is 6.07. The molecule has 0 N–H and O–H groups in total. The lowest BCUT2D eigenvalue weighted by atomic mass is 9.68. The van der Waals surface area contributed by atoms with Crippen LogP contribution in [0.2, 0.25) is 0 Å². The molecule has 0 amide bonds. The lowest BCUT2D eigenvalue weighted by molar-refractivity contribution is -0.136. The van der Waals surface area contributed by atoms with Crippen molar-refractivity contribution < 1.29 is 9.47 Å². The summed E-state index contributed by atoms with van der Waals surface area (Å²) in [5.41, 5.74) is 1.44. The third-order valence-corrected chi connectivity index (χ3v) is 6.36. The number of rotatable bonds is 7. The summed E-state index contributed by atoms with van der Waals surface area (Å²) in [6.07, 6.45) is 6.72. The van der Waals surface area contributed by atoms with Crippen LogP contribution in [0, 0.1) is 11.3 Å². The van der Waals surface area contributed by atoms with Crippen LogP contribution in [0.25, 0.3) is 10.8 Å². The smallest absolute Gasteiger partial charge is 0.137 e. The van der Waals surface area contributed by atoms with Crippen LogP contribution in [-0.4, -0.2) is 40.7 Å². The highest BCUT2D eigenvalue weighted by Crippen LogP contribution is 2.42. The van der Waals surface area contributed by atoms with Crippen LogP contribution >= 0.6 is 0 Å². The Balaban J connectivity index is 1.43. The average Bonchev–Trinajstić information content (AvgIpc) is 3.23. The molecule has 2 aromatic carbocycles. The molecule has 0 bridgehead atoms. The molecule has 29 heavy (non-hydrogen) atoms. The van der Waals surface area contributed by atoms with Gasteiger partial charge in [-0.1, -0.05) is 56.3 Å². The molecule has 1 heterocycles. The number of ether oxygens (including phenoxy) is 2. The maximum Gasteiger partial charge on any atom is 0.137 e. The fraction of sp³-hybridized carbons (Fsp3) is 0.500. The molecule has 3 atom stereocenters. The number of nitrogens with zero attached hydrogens (tertiary/aromatic N) is 3. The quantitative estimate of drug-likeness (QED) is 0.593. The Morgan fingerprint density at radius 3 is 2.72 bits per heavy atom. The largest absolute Gasteiger partial charge is 0.380 e. The van der Waals surface area contributed by atoms with E-state index in [4.69, 9.17) is 9.47 Å². The molecule has 1 fully saturated rings. The molecule has 5 heteroatoms. The summed E-state index contributed by atoms with van der Waals surface area (Å²) in [7, 11) is 1.82. The molecule has 0 saturated heterocycles. The molecule has 1 aromatic heterocycles. The summed E-state index contributed by atoms with van der Waals surface area (Å²) < 4.78 is 14.3. The molecular weight excluding hydrogens is 362 g/mol. The van der Waals surface area contributed by atoms with Gasteiger partial charge in [-0.05, 0) is 41.0 Å². The molecule has 1 aliphatic carbocycles. The van der Waals surface area contributed by atoms with Gasteiger partial charge in [0.2, 0.25) is 0 Å². The van der Waals surface area contributed by atoms with Crippen molar-refractivity contribution in [2.45, 2.75) is 51.9 Å². The molecule has 5 nitrogen and oxygen atoms in total. The van der Waals surface area contributed by atoms with Crippen molar-refractivity contribution in [3.8, 4) is 0 Å². The summed E-state index contributed by atoms with van der Waals surface area (Å²) in [4.78, 5) is 4.10. The molecule has 0 unspecified atom stereocenters. The van der Waals surface area contributed by atoms with Crippen LogP contribution in [0.5, 0.6) is 0 Å². The number of benzene rings is 2. The second kappa shape index (κ2) is 8.64. The zero-order valence-corrected chi connectivity index (χ0v) is 17.6. The number of hydrogen-bond acceptors (Lipinski definition) is 4. The highest BCUT2D eigenvalue weighted by atomic mass is 16.5. The van der Waals surface area contributed by atoms with Crippen LogP contribution in [0.15, 0.2) is 55.1 Å². The van der Waals surface area contributed by atoms with E-state index in [1.807, 2.05) is 11.8 Å². The van der Waals surface area contributed by atoms with Crippen molar-refractivity contribution in [3.63, 3.8) is 0 Å². The van der Waals surface area contributed by atoms with E-state index in [1.54, 1.807) is 12.7 Å². The Bertz CT molecular complexity index is 923. The monoisotopic (exact) mass is 393 g/mol. The van der Waals surface area contributed by atoms with E-state index in [2.05, 4.69) is 66.4 Å². The molecule has 1 saturated carbocycles. The van der Waals surface area contributed by atoms with E-state index >= 15 is 0 Å². The van der Waals surface area contributed by atoms with Crippen LogP contribution in [0.3, 0.4) is 0 Å². The molecule has 4 rings (SSSR count). The third-order valence-electron chi connectivity index (χ3n) is 6.36. The molecule has 154 valence electrons. The first-order valence-corrected chi connectivity index (χ1v) is 10.5. The van der Waals surface area contributed by atoms with Crippen LogP contribution in [0.4, 0.5) is 0 Å². The third kappa shape index (κ3) is 4.51. The maximum absolute atomic E-state index is 6.44. The topological polar surface area (TPSA) is 49.2 Å². The fourth-order valence-electron chi connectivity index (χ4n) is 4.82. The van der Waals surface area contributed by atoms with Gasteiger partial charge >= 0.3 is 0 Å². The second-order valence-electron chi connectivity index (χ2n) is 8.81. The van der Waals surface area contributed by atoms with Crippen LogP contribution in [0.1, 0.15) is 32.3 Å². The Morgan fingerprint density at radius 2 is 1.97 bits per heavy atom. The first kappa shape index (κ1) is 20.0. The zero-order valence-electron chi connectivity index (χ0n) is 17.6. The Kier molecular flexibility index (Phi) is 5.97. The predicted octanol–water partition coefficient (Wildman–Crippen LogP) is 4.51. The SMILES string of the molecule is CO[C@@H]1[C@@H](Cn2cncn2)[C@H](OCCc2ccc3ccccc3c2)CCC1(C)C.